The van der Waals surface area contributed by atoms with Gasteiger partial charge in [0.25, 0.3) is 0 Å². The van der Waals surface area contributed by atoms with E-state index in [4.69, 9.17) is 21.1 Å². The van der Waals surface area contributed by atoms with Crippen molar-refractivity contribution in [2.75, 3.05) is 7.05 Å². The topological polar surface area (TPSA) is 30.5 Å². The summed E-state index contributed by atoms with van der Waals surface area (Å²) >= 11 is 6.28. The van der Waals surface area contributed by atoms with Crippen LogP contribution in [0.5, 0.6) is 0 Å². The van der Waals surface area contributed by atoms with Gasteiger partial charge < -0.3 is 9.47 Å². The molecule has 114 valence electrons. The molecule has 1 heterocycles. The van der Waals surface area contributed by atoms with Crippen LogP contribution in [0.15, 0.2) is 48.9 Å². The Bertz CT molecular complexity index is 741. The van der Waals surface area contributed by atoms with E-state index in [0.29, 0.717) is 16.1 Å². The number of rotatable bonds is 3. The predicted octanol–water partition coefficient (Wildman–Crippen LogP) is 4.13. The lowest BCUT2D eigenvalue weighted by atomic mass is 10.0. The molecule has 1 aliphatic heterocycles. The molecule has 0 aliphatic carbocycles. The van der Waals surface area contributed by atoms with Gasteiger partial charge in [-0.2, -0.15) is 0 Å². The van der Waals surface area contributed by atoms with Crippen LogP contribution in [0.25, 0.3) is 11.1 Å². The summed E-state index contributed by atoms with van der Waals surface area (Å²) in [7, 11) is 1.66. The van der Waals surface area contributed by atoms with Crippen LogP contribution >= 0.6 is 11.6 Å². The summed E-state index contributed by atoms with van der Waals surface area (Å²) in [6.45, 7) is 0. The first-order chi connectivity index (χ1) is 10.6. The Morgan fingerprint density at radius 2 is 1.77 bits per heavy atom. The summed E-state index contributed by atoms with van der Waals surface area (Å²) in [5, 5.41) is 3.19. The van der Waals surface area contributed by atoms with Crippen LogP contribution in [-0.4, -0.2) is 7.05 Å². The fraction of sp³-hybridized carbons (Fsp3) is 0.125. The molecule has 1 aliphatic rings. The molecule has 0 amide bonds. The monoisotopic (exact) mass is 323 g/mol. The van der Waals surface area contributed by atoms with Crippen molar-refractivity contribution in [3.8, 4) is 11.1 Å². The van der Waals surface area contributed by atoms with Gasteiger partial charge in [-0.15, -0.1) is 0 Å². The van der Waals surface area contributed by atoms with Crippen molar-refractivity contribution >= 4 is 11.6 Å². The highest BCUT2D eigenvalue weighted by Gasteiger charge is 2.38. The normalized spacial score (nSPS) is 15.5. The van der Waals surface area contributed by atoms with E-state index in [2.05, 4.69) is 5.32 Å². The number of ether oxygens (including phenoxy) is 2. The molecule has 6 heteroatoms. The first-order valence-corrected chi connectivity index (χ1v) is 6.88. The Balaban J connectivity index is 2.04. The predicted molar refractivity (Wildman–Crippen MR) is 78.9 cm³/mol. The highest BCUT2D eigenvalue weighted by molar-refractivity contribution is 6.31. The van der Waals surface area contributed by atoms with Gasteiger partial charge in [0.05, 0.1) is 10.6 Å². The first-order valence-electron chi connectivity index (χ1n) is 6.51. The molecule has 0 fully saturated rings. The zero-order valence-electron chi connectivity index (χ0n) is 11.6. The van der Waals surface area contributed by atoms with Gasteiger partial charge in [-0.1, -0.05) is 17.7 Å². The summed E-state index contributed by atoms with van der Waals surface area (Å²) in [6.07, 6.45) is 2.79. The molecule has 0 saturated carbocycles. The summed E-state index contributed by atoms with van der Waals surface area (Å²) in [4.78, 5) is 0. The maximum atomic E-state index is 13.8. The van der Waals surface area contributed by atoms with Crippen LogP contribution in [-0.2, 0) is 15.4 Å². The van der Waals surface area contributed by atoms with E-state index in [1.807, 2.05) is 0 Å². The van der Waals surface area contributed by atoms with E-state index in [1.165, 1.54) is 12.5 Å². The molecule has 3 rings (SSSR count). The second-order valence-electron chi connectivity index (χ2n) is 4.69. The van der Waals surface area contributed by atoms with E-state index < -0.39 is 17.5 Å². The van der Waals surface area contributed by atoms with Gasteiger partial charge >= 0.3 is 5.91 Å². The molecule has 0 radical (unpaired) electrons. The van der Waals surface area contributed by atoms with Gasteiger partial charge in [-0.25, -0.2) is 14.1 Å². The summed E-state index contributed by atoms with van der Waals surface area (Å²) in [5.41, 5.74) is 1.13. The first kappa shape index (κ1) is 14.8. The average Bonchev–Trinajstić information content (AvgIpc) is 2.99. The molecule has 0 bridgehead atoms. The van der Waals surface area contributed by atoms with Crippen LogP contribution in [0, 0.1) is 11.6 Å². The molecule has 0 spiro atoms. The van der Waals surface area contributed by atoms with Crippen molar-refractivity contribution in [3.63, 3.8) is 0 Å². The van der Waals surface area contributed by atoms with E-state index in [1.54, 1.807) is 25.2 Å². The van der Waals surface area contributed by atoms with Crippen molar-refractivity contribution in [1.29, 1.82) is 0 Å². The van der Waals surface area contributed by atoms with Crippen LogP contribution in [0.2, 0.25) is 5.02 Å². The minimum Gasteiger partial charge on any atom is -0.441 e. The highest BCUT2D eigenvalue weighted by atomic mass is 35.5. The quantitative estimate of drug-likeness (QED) is 0.921. The largest absolute Gasteiger partial charge is 0.441 e. The van der Waals surface area contributed by atoms with Crippen molar-refractivity contribution < 1.29 is 18.3 Å². The summed E-state index contributed by atoms with van der Waals surface area (Å²) in [5.74, 6) is -2.26. The second-order valence-corrected chi connectivity index (χ2v) is 5.10. The Morgan fingerprint density at radius 1 is 1.05 bits per heavy atom. The smallest absolute Gasteiger partial charge is 0.342 e. The Kier molecular flexibility index (Phi) is 3.76. The number of halogens is 3. The minimum absolute atomic E-state index is 0.137. The van der Waals surface area contributed by atoms with Gasteiger partial charge in [-0.3, -0.25) is 0 Å². The van der Waals surface area contributed by atoms with E-state index in [0.717, 1.165) is 18.2 Å². The van der Waals surface area contributed by atoms with Gasteiger partial charge in [0.15, 0.2) is 0 Å². The zero-order chi connectivity index (χ0) is 15.7. The third-order valence-corrected chi connectivity index (χ3v) is 3.73. The van der Waals surface area contributed by atoms with Gasteiger partial charge in [-0.05, 0) is 42.9 Å². The van der Waals surface area contributed by atoms with Crippen LogP contribution < -0.4 is 5.32 Å². The van der Waals surface area contributed by atoms with Crippen molar-refractivity contribution in [1.82, 2.24) is 5.32 Å². The number of nitrogens with one attached hydrogen (secondary N) is 1. The molecule has 2 aromatic carbocycles. The third kappa shape index (κ3) is 2.42. The van der Waals surface area contributed by atoms with Crippen molar-refractivity contribution in [3.05, 3.63) is 71.1 Å². The maximum absolute atomic E-state index is 13.8. The van der Waals surface area contributed by atoms with Gasteiger partial charge in [0.1, 0.15) is 24.2 Å². The number of hydrogen-bond acceptors (Lipinski definition) is 3. The lowest BCUT2D eigenvalue weighted by molar-refractivity contribution is -0.170. The Labute approximate surface area is 131 Å². The van der Waals surface area contributed by atoms with Crippen molar-refractivity contribution in [2.24, 2.45) is 0 Å². The third-order valence-electron chi connectivity index (χ3n) is 3.42. The molecule has 2 aromatic rings. The average molecular weight is 324 g/mol. The number of benzene rings is 2. The summed E-state index contributed by atoms with van der Waals surface area (Å²) < 4.78 is 38.0. The van der Waals surface area contributed by atoms with Crippen molar-refractivity contribution in [2.45, 2.75) is 5.91 Å². The van der Waals surface area contributed by atoms with Gasteiger partial charge in [0.2, 0.25) is 0 Å². The number of hydrogen-bond donors (Lipinski definition) is 1. The lowest BCUT2D eigenvalue weighted by Gasteiger charge is -2.28. The van der Waals surface area contributed by atoms with E-state index in [-0.39, 0.29) is 5.56 Å². The Hall–Kier alpha value is -2.11. The molecule has 1 N–H and O–H groups in total. The molecule has 0 aromatic heterocycles. The summed E-state index contributed by atoms with van der Waals surface area (Å²) in [6, 6.07) is 8.08. The zero-order valence-corrected chi connectivity index (χ0v) is 12.3. The van der Waals surface area contributed by atoms with E-state index >= 15 is 0 Å². The fourth-order valence-corrected chi connectivity index (χ4v) is 2.63. The van der Waals surface area contributed by atoms with Crippen LogP contribution in [0.4, 0.5) is 8.78 Å². The molecule has 3 nitrogen and oxygen atoms in total. The molecular weight excluding hydrogens is 312 g/mol. The lowest BCUT2D eigenvalue weighted by Crippen LogP contribution is -2.41. The SMILES string of the molecule is CNC1(c2ccc(-c3cc(F)ccc3F)cc2Cl)OC=CO1. The molecular formula is C16H12ClF2NO2. The standard InChI is InChI=1S/C16H12ClF2NO2/c1-20-16(21-6-7-22-16)13-4-2-10(8-14(13)17)12-9-11(18)3-5-15(12)19/h2-9,20H,1H3. The van der Waals surface area contributed by atoms with Crippen LogP contribution in [0.3, 0.4) is 0 Å². The molecule has 0 saturated heterocycles. The highest BCUT2D eigenvalue weighted by Crippen LogP contribution is 2.36. The van der Waals surface area contributed by atoms with E-state index in [9.17, 15) is 8.78 Å². The fourth-order valence-electron chi connectivity index (χ4n) is 2.32. The molecule has 0 atom stereocenters. The molecule has 22 heavy (non-hydrogen) atoms. The molecule has 0 unspecified atom stereocenters. The minimum atomic E-state index is -1.21. The second kappa shape index (κ2) is 5.59. The maximum Gasteiger partial charge on any atom is 0.342 e. The Morgan fingerprint density at radius 3 is 2.41 bits per heavy atom. The van der Waals surface area contributed by atoms with Gasteiger partial charge in [0, 0.05) is 5.56 Å². The van der Waals surface area contributed by atoms with Crippen LogP contribution in [0.1, 0.15) is 5.56 Å².